The number of carbonyl (C=O) groups is 2. The average molecular weight is 319 g/mol. The highest BCUT2D eigenvalue weighted by Crippen LogP contribution is 2.11. The summed E-state index contributed by atoms with van der Waals surface area (Å²) in [6, 6.07) is 0. The van der Waals surface area contributed by atoms with E-state index in [1.54, 1.807) is 0 Å². The Bertz CT molecular complexity index is 176. The molecule has 0 aliphatic carbocycles. The summed E-state index contributed by atoms with van der Waals surface area (Å²) in [4.78, 5) is 17.4. The maximum Gasteiger partial charge on any atom is 0.126 e. The number of rotatable bonds is 10. The zero-order valence-electron chi connectivity index (χ0n) is 16.1. The van der Waals surface area contributed by atoms with Crippen molar-refractivity contribution in [3.63, 3.8) is 0 Å². The van der Waals surface area contributed by atoms with Crippen LogP contribution in [0.1, 0.15) is 106 Å². The lowest BCUT2D eigenvalue weighted by atomic mass is 10.1. The van der Waals surface area contributed by atoms with Crippen molar-refractivity contribution in [3.8, 4) is 0 Å². The van der Waals surface area contributed by atoms with Crippen LogP contribution in [0.4, 0.5) is 0 Å². The fraction of sp³-hybridized carbons (Fsp3) is 0.895. The van der Waals surface area contributed by atoms with Crippen molar-refractivity contribution in [1.29, 1.82) is 0 Å². The van der Waals surface area contributed by atoms with Gasteiger partial charge in [0.2, 0.25) is 0 Å². The first-order valence-corrected chi connectivity index (χ1v) is 8.94. The average Bonchev–Trinajstić information content (AvgIpc) is 2.49. The normalized spacial score (nSPS) is 9.95. The topological polar surface area (TPSA) is 54.4 Å². The maximum absolute atomic E-state index is 9.44. The van der Waals surface area contributed by atoms with Crippen LogP contribution in [0.5, 0.6) is 0 Å². The van der Waals surface area contributed by atoms with Crippen molar-refractivity contribution in [1.82, 2.24) is 0 Å². The quantitative estimate of drug-likeness (QED) is 0.524. The lowest BCUT2D eigenvalue weighted by Gasteiger charge is -2.03. The van der Waals surface area contributed by atoms with Gasteiger partial charge in [-0.05, 0) is 27.2 Å². The second-order valence-corrected chi connectivity index (χ2v) is 5.37. The highest BCUT2D eigenvalue weighted by atomic mass is 16.3. The third-order valence-electron chi connectivity index (χ3n) is 2.73. The molecule has 0 amide bonds. The van der Waals surface area contributed by atoms with E-state index in [2.05, 4.69) is 6.92 Å². The smallest absolute Gasteiger partial charge is 0.126 e. The molecule has 1 atom stereocenters. The van der Waals surface area contributed by atoms with Gasteiger partial charge in [-0.15, -0.1) is 0 Å². The molecule has 3 heteroatoms. The third-order valence-corrected chi connectivity index (χ3v) is 2.73. The molecule has 0 bridgehead atoms. The molecular weight excluding hydrogens is 276 g/mol. The van der Waals surface area contributed by atoms with Crippen LogP contribution >= 0.6 is 0 Å². The highest BCUT2D eigenvalue weighted by Gasteiger charge is 1.95. The zero-order chi connectivity index (χ0) is 18.2. The van der Waals surface area contributed by atoms with E-state index in [1.165, 1.54) is 71.6 Å². The molecule has 0 spiro atoms. The van der Waals surface area contributed by atoms with Crippen LogP contribution in [0.25, 0.3) is 0 Å². The van der Waals surface area contributed by atoms with Gasteiger partial charge >= 0.3 is 0 Å². The molecule has 0 aromatic carbocycles. The van der Waals surface area contributed by atoms with Gasteiger partial charge in [-0.3, -0.25) is 0 Å². The molecule has 3 nitrogen and oxygen atoms in total. The lowest BCUT2D eigenvalue weighted by molar-refractivity contribution is -0.115. The van der Waals surface area contributed by atoms with Crippen molar-refractivity contribution in [2.24, 2.45) is 0 Å². The van der Waals surface area contributed by atoms with E-state index < -0.39 is 0 Å². The summed E-state index contributed by atoms with van der Waals surface area (Å²) in [5.74, 6) is 0.167. The van der Waals surface area contributed by atoms with Crippen molar-refractivity contribution < 1.29 is 14.7 Å². The number of ketones is 1. The van der Waals surface area contributed by atoms with Crippen molar-refractivity contribution in [2.75, 3.05) is 0 Å². The Hall–Kier alpha value is -0.700. The predicted molar refractivity (Wildman–Crippen MR) is 98.3 cm³/mol. The number of aliphatic hydroxyl groups is 1. The van der Waals surface area contributed by atoms with Gasteiger partial charge in [0, 0.05) is 0 Å². The molecule has 1 N–H and O–H groups in total. The largest absolute Gasteiger partial charge is 0.393 e. The molecule has 0 aliphatic rings. The number of hydrogen-bond acceptors (Lipinski definition) is 3. The van der Waals surface area contributed by atoms with Crippen LogP contribution in [-0.2, 0) is 9.59 Å². The molecule has 0 radical (unpaired) electrons. The molecule has 0 saturated heterocycles. The van der Waals surface area contributed by atoms with Crippen molar-refractivity contribution in [2.45, 2.75) is 112 Å². The summed E-state index contributed by atoms with van der Waals surface area (Å²) in [6.07, 6.45) is 13.1. The molecule has 22 heavy (non-hydrogen) atoms. The molecule has 136 valence electrons. The first-order chi connectivity index (χ1) is 10.5. The minimum atomic E-state index is -0.0976. The second-order valence-electron chi connectivity index (χ2n) is 5.37. The van der Waals surface area contributed by atoms with Crippen LogP contribution in [0.15, 0.2) is 0 Å². The maximum atomic E-state index is 9.44. The van der Waals surface area contributed by atoms with Gasteiger partial charge in [-0.25, -0.2) is 0 Å². The van der Waals surface area contributed by atoms with Gasteiger partial charge in [0.1, 0.15) is 12.6 Å². The number of hydrogen-bond donors (Lipinski definition) is 1. The molecule has 0 aromatic rings. The van der Waals surface area contributed by atoms with E-state index in [1.807, 2.05) is 27.6 Å². The van der Waals surface area contributed by atoms with Crippen LogP contribution in [0.2, 0.25) is 0 Å². The Morgan fingerprint density at radius 1 is 0.864 bits per heavy atom. The van der Waals surface area contributed by atoms with E-state index in [-0.39, 0.29) is 11.9 Å². The molecule has 1 unspecified atom stereocenters. The Morgan fingerprint density at radius 2 is 1.14 bits per heavy atom. The van der Waals surface area contributed by atoms with Crippen molar-refractivity contribution in [3.05, 3.63) is 0 Å². The summed E-state index contributed by atoms with van der Waals surface area (Å²) in [7, 11) is 0. The van der Waals surface area contributed by atoms with Crippen molar-refractivity contribution >= 4 is 12.6 Å². The highest BCUT2D eigenvalue weighted by molar-refractivity contribution is 5.72. The fourth-order valence-corrected chi connectivity index (χ4v) is 1.75. The Labute approximate surface area is 139 Å². The molecule has 0 fully saturated rings. The van der Waals surface area contributed by atoms with Gasteiger partial charge in [0.05, 0.1) is 6.10 Å². The standard InChI is InChI=1S/C13H28O.C3H6O.C2H6.CH2O/c1-3-4-5-6-7-8-9-10-11-12-13(2)14;1-3(2)4;2*1-2/h13-14H,3-12H2,1-2H3;1-2H3;1-2H3;1H2. The fourth-order valence-electron chi connectivity index (χ4n) is 1.75. The SMILES string of the molecule is C=O.CC.CC(C)=O.CCCCCCCCCCCC(C)O. The second kappa shape index (κ2) is 32.3. The minimum absolute atomic E-state index is 0.0976. The van der Waals surface area contributed by atoms with E-state index in [0.29, 0.717) is 0 Å². The van der Waals surface area contributed by atoms with Crippen LogP contribution in [0.3, 0.4) is 0 Å². The van der Waals surface area contributed by atoms with Gasteiger partial charge in [-0.2, -0.15) is 0 Å². The first kappa shape index (κ1) is 29.3. The lowest BCUT2D eigenvalue weighted by Crippen LogP contribution is -1.98. The first-order valence-electron chi connectivity index (χ1n) is 8.94. The van der Waals surface area contributed by atoms with E-state index in [9.17, 15) is 4.79 Å². The van der Waals surface area contributed by atoms with E-state index in [4.69, 9.17) is 9.90 Å². The summed E-state index contributed by atoms with van der Waals surface area (Å²) >= 11 is 0. The number of Topliss-reactive ketones (excluding diaryl/α,β-unsaturated/α-hetero) is 1. The molecule has 0 aliphatic heterocycles. The van der Waals surface area contributed by atoms with Crippen LogP contribution in [0, 0.1) is 0 Å². The monoisotopic (exact) mass is 318 g/mol. The molecule has 0 saturated carbocycles. The van der Waals surface area contributed by atoms with Crippen LogP contribution in [-0.4, -0.2) is 23.8 Å². The molecule has 0 rings (SSSR count). The molecular formula is C19H42O3. The zero-order valence-corrected chi connectivity index (χ0v) is 16.1. The van der Waals surface area contributed by atoms with Gasteiger partial charge in [0.15, 0.2) is 0 Å². The van der Waals surface area contributed by atoms with E-state index >= 15 is 0 Å². The van der Waals surface area contributed by atoms with Gasteiger partial charge < -0.3 is 14.7 Å². The third kappa shape index (κ3) is 60.9. The molecule has 0 aromatic heterocycles. The van der Waals surface area contributed by atoms with Crippen LogP contribution < -0.4 is 0 Å². The van der Waals surface area contributed by atoms with Gasteiger partial charge in [0.25, 0.3) is 0 Å². The molecule has 0 heterocycles. The van der Waals surface area contributed by atoms with E-state index in [0.717, 1.165) is 6.42 Å². The Kier molecular flexibility index (Phi) is 43.1. The van der Waals surface area contributed by atoms with Gasteiger partial charge in [-0.1, -0.05) is 78.6 Å². The Morgan fingerprint density at radius 3 is 1.41 bits per heavy atom. The number of aliphatic hydroxyl groups excluding tert-OH is 1. The Balaban J connectivity index is -0.000000170. The number of carbonyl (C=O) groups excluding carboxylic acids is 2. The summed E-state index contributed by atoms with van der Waals surface area (Å²) in [6.45, 7) is 13.2. The summed E-state index contributed by atoms with van der Waals surface area (Å²) in [5, 5.41) is 9.05. The summed E-state index contributed by atoms with van der Waals surface area (Å²) in [5.41, 5.74) is 0. The predicted octanol–water partition coefficient (Wildman–Crippen LogP) is 5.72. The number of unbranched alkanes of at least 4 members (excludes halogenated alkanes) is 8. The summed E-state index contributed by atoms with van der Waals surface area (Å²) < 4.78 is 0. The minimum Gasteiger partial charge on any atom is -0.393 e.